The first-order chi connectivity index (χ1) is 11.9. The molecule has 0 atom stereocenters. The van der Waals surface area contributed by atoms with E-state index in [-0.39, 0.29) is 5.92 Å². The molecule has 1 saturated carbocycles. The Morgan fingerprint density at radius 2 is 1.68 bits per heavy atom. The monoisotopic (exact) mass is 411 g/mol. The molecular formula is C18H30BrN5O. The molecule has 0 N–H and O–H groups in total. The second-order valence-corrected chi connectivity index (χ2v) is 8.28. The molecule has 2 rings (SSSR count). The van der Waals surface area contributed by atoms with Crippen molar-refractivity contribution in [1.29, 1.82) is 0 Å². The van der Waals surface area contributed by atoms with Crippen molar-refractivity contribution in [2.75, 3.05) is 52.7 Å². The lowest BCUT2D eigenvalue weighted by molar-refractivity contribution is -0.135. The molecule has 0 spiro atoms. The highest BCUT2D eigenvalue weighted by atomic mass is 79.9. The summed E-state index contributed by atoms with van der Waals surface area (Å²) in [6.45, 7) is 2.66. The summed E-state index contributed by atoms with van der Waals surface area (Å²) in [5.41, 5.74) is 0. The molecule has 1 fully saturated rings. The largest absolute Gasteiger partial charge is 0.344 e. The van der Waals surface area contributed by atoms with Crippen molar-refractivity contribution in [3.8, 4) is 0 Å². The van der Waals surface area contributed by atoms with Gasteiger partial charge in [-0.3, -0.25) is 4.79 Å². The van der Waals surface area contributed by atoms with Gasteiger partial charge >= 0.3 is 0 Å². The third-order valence-corrected chi connectivity index (χ3v) is 5.34. The van der Waals surface area contributed by atoms with Crippen molar-refractivity contribution >= 4 is 27.8 Å². The Morgan fingerprint density at radius 3 is 2.24 bits per heavy atom. The van der Waals surface area contributed by atoms with E-state index in [0.717, 1.165) is 55.7 Å². The van der Waals surface area contributed by atoms with E-state index in [2.05, 4.69) is 35.7 Å². The predicted molar refractivity (Wildman–Crippen MR) is 105 cm³/mol. The second-order valence-electron chi connectivity index (χ2n) is 7.36. The normalized spacial score (nSPS) is 20.6. The van der Waals surface area contributed by atoms with Gasteiger partial charge in [-0.25, -0.2) is 9.97 Å². The number of carbonyl (C=O) groups excluding carboxylic acids is 1. The van der Waals surface area contributed by atoms with E-state index in [0.29, 0.717) is 11.8 Å². The Balaban J connectivity index is 1.77. The zero-order valence-corrected chi connectivity index (χ0v) is 17.4. The van der Waals surface area contributed by atoms with Gasteiger partial charge in [0.05, 0.1) is 4.47 Å². The van der Waals surface area contributed by atoms with Crippen LogP contribution < -0.4 is 4.90 Å². The third kappa shape index (κ3) is 6.22. The van der Waals surface area contributed by atoms with Gasteiger partial charge in [0.1, 0.15) is 0 Å². The predicted octanol–water partition coefficient (Wildman–Crippen LogP) is 2.50. The molecule has 0 bridgehead atoms. The highest BCUT2D eigenvalue weighted by Crippen LogP contribution is 2.30. The first-order valence-corrected chi connectivity index (χ1v) is 9.74. The zero-order chi connectivity index (χ0) is 18.4. The SMILES string of the molecule is CN(C)CCN(C)C(=O)C1CCC(CN(C)c2ncc(Br)cn2)CC1. The number of hydrogen-bond acceptors (Lipinski definition) is 5. The molecule has 140 valence electrons. The second kappa shape index (κ2) is 9.48. The molecule has 1 amide bonds. The van der Waals surface area contributed by atoms with E-state index in [1.807, 2.05) is 33.1 Å². The van der Waals surface area contributed by atoms with E-state index in [4.69, 9.17) is 0 Å². The number of halogens is 1. The summed E-state index contributed by atoms with van der Waals surface area (Å²) in [7, 11) is 8.04. The van der Waals surface area contributed by atoms with Crippen LogP contribution in [0.4, 0.5) is 5.95 Å². The summed E-state index contributed by atoms with van der Waals surface area (Å²) in [6, 6.07) is 0. The Bertz CT molecular complexity index is 543. The number of anilines is 1. The maximum Gasteiger partial charge on any atom is 0.225 e. The van der Waals surface area contributed by atoms with Crippen LogP contribution in [0.1, 0.15) is 25.7 Å². The van der Waals surface area contributed by atoms with E-state index < -0.39 is 0 Å². The molecule has 7 heteroatoms. The Hall–Kier alpha value is -1.21. The lowest BCUT2D eigenvalue weighted by Crippen LogP contribution is -2.39. The molecule has 0 aliphatic heterocycles. The van der Waals surface area contributed by atoms with E-state index >= 15 is 0 Å². The number of aromatic nitrogens is 2. The summed E-state index contributed by atoms with van der Waals surface area (Å²) < 4.78 is 0.891. The standard InChI is InChI=1S/C18H30BrN5O/c1-22(2)9-10-23(3)17(25)15-7-5-14(6-8-15)13-24(4)18-20-11-16(19)12-21-18/h11-12,14-15H,5-10,13H2,1-4H3. The summed E-state index contributed by atoms with van der Waals surface area (Å²) >= 11 is 3.36. The maximum atomic E-state index is 12.6. The number of amides is 1. The van der Waals surface area contributed by atoms with Crippen molar-refractivity contribution in [2.24, 2.45) is 11.8 Å². The van der Waals surface area contributed by atoms with Gasteiger partial charge in [-0.15, -0.1) is 0 Å². The maximum absolute atomic E-state index is 12.6. The summed E-state index contributed by atoms with van der Waals surface area (Å²) in [5.74, 6) is 1.86. The highest BCUT2D eigenvalue weighted by Gasteiger charge is 2.28. The molecule has 0 aromatic carbocycles. The minimum Gasteiger partial charge on any atom is -0.344 e. The molecular weight excluding hydrogens is 382 g/mol. The number of nitrogens with zero attached hydrogens (tertiary/aromatic N) is 5. The number of carbonyl (C=O) groups is 1. The quantitative estimate of drug-likeness (QED) is 0.689. The Morgan fingerprint density at radius 1 is 1.08 bits per heavy atom. The van der Waals surface area contributed by atoms with Crippen LogP contribution >= 0.6 is 15.9 Å². The third-order valence-electron chi connectivity index (χ3n) is 4.94. The lowest BCUT2D eigenvalue weighted by atomic mass is 9.81. The van der Waals surface area contributed by atoms with Gasteiger partial charge in [0.25, 0.3) is 0 Å². The van der Waals surface area contributed by atoms with Gasteiger partial charge in [0.15, 0.2) is 0 Å². The lowest BCUT2D eigenvalue weighted by Gasteiger charge is -2.32. The van der Waals surface area contributed by atoms with Crippen LogP contribution in [0, 0.1) is 11.8 Å². The van der Waals surface area contributed by atoms with Crippen molar-refractivity contribution in [1.82, 2.24) is 19.8 Å². The van der Waals surface area contributed by atoms with Crippen LogP contribution in [0.5, 0.6) is 0 Å². The average Bonchev–Trinajstić information content (AvgIpc) is 2.60. The molecule has 25 heavy (non-hydrogen) atoms. The van der Waals surface area contributed by atoms with Crippen molar-refractivity contribution in [2.45, 2.75) is 25.7 Å². The zero-order valence-electron chi connectivity index (χ0n) is 15.8. The van der Waals surface area contributed by atoms with Crippen LogP contribution in [-0.4, -0.2) is 73.5 Å². The fourth-order valence-electron chi connectivity index (χ4n) is 3.34. The van der Waals surface area contributed by atoms with Crippen LogP contribution in [0.3, 0.4) is 0 Å². The average molecular weight is 412 g/mol. The number of likely N-dealkylation sites (N-methyl/N-ethyl adjacent to an activating group) is 2. The molecule has 0 saturated heterocycles. The van der Waals surface area contributed by atoms with Gasteiger partial charge in [-0.1, -0.05) is 0 Å². The molecule has 0 radical (unpaired) electrons. The van der Waals surface area contributed by atoms with Crippen LogP contribution in [-0.2, 0) is 4.79 Å². The fourth-order valence-corrected chi connectivity index (χ4v) is 3.54. The van der Waals surface area contributed by atoms with E-state index in [1.165, 1.54) is 0 Å². The summed E-state index contributed by atoms with van der Waals surface area (Å²) in [6.07, 6.45) is 7.73. The minimum atomic E-state index is 0.192. The van der Waals surface area contributed by atoms with Crippen LogP contribution in [0.25, 0.3) is 0 Å². The van der Waals surface area contributed by atoms with Crippen LogP contribution in [0.15, 0.2) is 16.9 Å². The summed E-state index contributed by atoms with van der Waals surface area (Å²) in [5, 5.41) is 0. The fraction of sp³-hybridized carbons (Fsp3) is 0.722. The summed E-state index contributed by atoms with van der Waals surface area (Å²) in [4.78, 5) is 27.4. The smallest absolute Gasteiger partial charge is 0.225 e. The van der Waals surface area contributed by atoms with Gasteiger partial charge < -0.3 is 14.7 Å². The van der Waals surface area contributed by atoms with Gasteiger partial charge in [-0.05, 0) is 61.6 Å². The van der Waals surface area contributed by atoms with E-state index in [1.54, 1.807) is 12.4 Å². The van der Waals surface area contributed by atoms with Crippen molar-refractivity contribution < 1.29 is 4.79 Å². The highest BCUT2D eigenvalue weighted by molar-refractivity contribution is 9.10. The van der Waals surface area contributed by atoms with E-state index in [9.17, 15) is 4.79 Å². The molecule has 1 aliphatic carbocycles. The molecule has 6 nitrogen and oxygen atoms in total. The topological polar surface area (TPSA) is 52.6 Å². The number of rotatable bonds is 7. The van der Waals surface area contributed by atoms with Gasteiger partial charge in [-0.2, -0.15) is 0 Å². The molecule has 1 aromatic rings. The van der Waals surface area contributed by atoms with Crippen LogP contribution in [0.2, 0.25) is 0 Å². The Kier molecular flexibility index (Phi) is 7.62. The van der Waals surface area contributed by atoms with Crippen molar-refractivity contribution in [3.05, 3.63) is 16.9 Å². The number of hydrogen-bond donors (Lipinski definition) is 0. The first kappa shape index (κ1) is 20.1. The molecule has 1 aromatic heterocycles. The van der Waals surface area contributed by atoms with Gasteiger partial charge in [0.2, 0.25) is 11.9 Å². The minimum absolute atomic E-state index is 0.192. The molecule has 1 heterocycles. The molecule has 0 unspecified atom stereocenters. The van der Waals surface area contributed by atoms with Crippen molar-refractivity contribution in [3.63, 3.8) is 0 Å². The van der Waals surface area contributed by atoms with Gasteiger partial charge in [0, 0.05) is 52.0 Å². The Labute approximate surface area is 159 Å². The first-order valence-electron chi connectivity index (χ1n) is 8.95. The molecule has 1 aliphatic rings.